The lowest BCUT2D eigenvalue weighted by Crippen LogP contribution is -2.44. The summed E-state index contributed by atoms with van der Waals surface area (Å²) in [7, 11) is 0. The molecule has 0 heterocycles. The summed E-state index contributed by atoms with van der Waals surface area (Å²) in [5.41, 5.74) is -2.75. The number of allylic oxidation sites excluding steroid dienone is 1. The van der Waals surface area contributed by atoms with E-state index in [1.165, 1.54) is 12.1 Å². The van der Waals surface area contributed by atoms with Crippen LogP contribution in [0.2, 0.25) is 0 Å². The second-order valence-electron chi connectivity index (χ2n) is 4.44. The first-order chi connectivity index (χ1) is 9.36. The van der Waals surface area contributed by atoms with Crippen molar-refractivity contribution in [2.45, 2.75) is 12.0 Å². The number of hydrogen-bond donors (Lipinski definition) is 4. The zero-order chi connectivity index (χ0) is 14.9. The van der Waals surface area contributed by atoms with Crippen LogP contribution in [0, 0.1) is 0 Å². The predicted octanol–water partition coefficient (Wildman–Crippen LogP) is 1.34. The topological polar surface area (TPSA) is 115 Å². The van der Waals surface area contributed by atoms with Crippen molar-refractivity contribution >= 4 is 11.8 Å². The molecule has 0 amide bonds. The van der Waals surface area contributed by atoms with Gasteiger partial charge in [-0.2, -0.15) is 0 Å². The Labute approximate surface area is 113 Å². The molecule has 1 aromatic rings. The highest BCUT2D eigenvalue weighted by Crippen LogP contribution is 2.34. The van der Waals surface area contributed by atoms with Gasteiger partial charge in [-0.1, -0.05) is 30.3 Å². The Kier molecular flexibility index (Phi) is 3.33. The van der Waals surface area contributed by atoms with Gasteiger partial charge in [-0.25, -0.2) is 4.79 Å². The zero-order valence-corrected chi connectivity index (χ0v) is 10.3. The van der Waals surface area contributed by atoms with Crippen LogP contribution in [-0.4, -0.2) is 37.8 Å². The molecule has 0 spiro atoms. The van der Waals surface area contributed by atoms with Crippen LogP contribution < -0.4 is 0 Å². The van der Waals surface area contributed by atoms with Crippen LogP contribution in [0.15, 0.2) is 53.5 Å². The molecule has 1 aliphatic rings. The molecule has 1 aromatic carbocycles. The third kappa shape index (κ3) is 2.17. The van der Waals surface area contributed by atoms with Gasteiger partial charge in [0.05, 0.1) is 0 Å². The van der Waals surface area contributed by atoms with E-state index in [2.05, 4.69) is 0 Å². The van der Waals surface area contributed by atoms with Crippen molar-refractivity contribution in [1.29, 1.82) is 0 Å². The van der Waals surface area contributed by atoms with E-state index < -0.39 is 35.3 Å². The lowest BCUT2D eigenvalue weighted by Gasteiger charge is -2.29. The Balaban J connectivity index is 2.48. The van der Waals surface area contributed by atoms with Crippen LogP contribution >= 0.6 is 0 Å². The molecular formula is C14H12O6. The first-order valence-electron chi connectivity index (χ1n) is 5.75. The molecule has 0 aliphatic heterocycles. The molecule has 6 heteroatoms. The highest BCUT2D eigenvalue weighted by Gasteiger charge is 2.46. The number of Topliss-reactive ketones (excluding diaryl/α,β-unsaturated/α-hetero) is 1. The van der Waals surface area contributed by atoms with Crippen LogP contribution in [0.1, 0.15) is 16.8 Å². The SMILES string of the molecule is O=C(O)C1=CC(O)=C(O)C(O)(C(=O)c2ccccc2)C1. The molecule has 0 radical (unpaired) electrons. The summed E-state index contributed by atoms with van der Waals surface area (Å²) in [6, 6.07) is 7.63. The molecule has 20 heavy (non-hydrogen) atoms. The Morgan fingerprint density at radius 2 is 1.70 bits per heavy atom. The van der Waals surface area contributed by atoms with E-state index >= 15 is 0 Å². The van der Waals surface area contributed by atoms with E-state index in [1.54, 1.807) is 18.2 Å². The predicted molar refractivity (Wildman–Crippen MR) is 68.3 cm³/mol. The average molecular weight is 276 g/mol. The summed E-state index contributed by atoms with van der Waals surface area (Å²) in [6.45, 7) is 0. The third-order valence-corrected chi connectivity index (χ3v) is 3.08. The van der Waals surface area contributed by atoms with Gasteiger partial charge in [0, 0.05) is 17.6 Å². The lowest BCUT2D eigenvalue weighted by atomic mass is 9.81. The van der Waals surface area contributed by atoms with Crippen LogP contribution in [0.4, 0.5) is 0 Å². The quantitative estimate of drug-likeness (QED) is 0.619. The fourth-order valence-corrected chi connectivity index (χ4v) is 2.01. The molecule has 6 nitrogen and oxygen atoms in total. The van der Waals surface area contributed by atoms with Gasteiger partial charge in [0.1, 0.15) is 0 Å². The number of rotatable bonds is 3. The first kappa shape index (κ1) is 13.8. The minimum absolute atomic E-state index is 0.0981. The van der Waals surface area contributed by atoms with Crippen molar-refractivity contribution < 1.29 is 30.0 Å². The maximum absolute atomic E-state index is 12.3. The van der Waals surface area contributed by atoms with Crippen molar-refractivity contribution in [1.82, 2.24) is 0 Å². The van der Waals surface area contributed by atoms with E-state index in [0.29, 0.717) is 0 Å². The van der Waals surface area contributed by atoms with E-state index in [9.17, 15) is 24.9 Å². The summed E-state index contributed by atoms with van der Waals surface area (Å²) in [5, 5.41) is 38.5. The van der Waals surface area contributed by atoms with Crippen molar-refractivity contribution in [2.24, 2.45) is 0 Å². The Bertz CT molecular complexity index is 628. The Hall–Kier alpha value is -2.60. The van der Waals surface area contributed by atoms with Gasteiger partial charge in [0.2, 0.25) is 5.78 Å². The van der Waals surface area contributed by atoms with Gasteiger partial charge < -0.3 is 20.4 Å². The lowest BCUT2D eigenvalue weighted by molar-refractivity contribution is -0.133. The first-order valence-corrected chi connectivity index (χ1v) is 5.75. The largest absolute Gasteiger partial charge is 0.506 e. The maximum atomic E-state index is 12.3. The number of carbonyl (C=O) groups is 2. The molecule has 1 unspecified atom stereocenters. The third-order valence-electron chi connectivity index (χ3n) is 3.08. The average Bonchev–Trinajstić information content (AvgIpc) is 2.44. The number of carboxylic acids is 1. The van der Waals surface area contributed by atoms with Gasteiger partial charge >= 0.3 is 5.97 Å². The van der Waals surface area contributed by atoms with Gasteiger partial charge in [-0.3, -0.25) is 4.79 Å². The van der Waals surface area contributed by atoms with Crippen LogP contribution in [-0.2, 0) is 4.79 Å². The molecule has 0 fully saturated rings. The number of aliphatic hydroxyl groups is 3. The number of carboxylic acid groups (broad SMARTS) is 1. The summed E-state index contributed by atoms with van der Waals surface area (Å²) in [5.74, 6) is -4.05. The summed E-state index contributed by atoms with van der Waals surface area (Å²) >= 11 is 0. The van der Waals surface area contributed by atoms with E-state index in [0.717, 1.165) is 6.08 Å². The van der Waals surface area contributed by atoms with Gasteiger partial charge in [-0.05, 0) is 6.08 Å². The molecule has 2 rings (SSSR count). The highest BCUT2D eigenvalue weighted by atomic mass is 16.4. The number of carbonyl (C=O) groups excluding carboxylic acids is 1. The molecule has 0 saturated carbocycles. The van der Waals surface area contributed by atoms with Crippen molar-refractivity contribution in [3.05, 3.63) is 59.1 Å². The van der Waals surface area contributed by atoms with E-state index in [1.807, 2.05) is 0 Å². The molecule has 104 valence electrons. The number of ketones is 1. The highest BCUT2D eigenvalue weighted by molar-refractivity contribution is 6.05. The molecule has 4 N–H and O–H groups in total. The fourth-order valence-electron chi connectivity index (χ4n) is 2.01. The smallest absolute Gasteiger partial charge is 0.331 e. The van der Waals surface area contributed by atoms with Gasteiger partial charge in [0.25, 0.3) is 0 Å². The van der Waals surface area contributed by atoms with Crippen LogP contribution in [0.5, 0.6) is 0 Å². The van der Waals surface area contributed by atoms with Crippen molar-refractivity contribution in [3.63, 3.8) is 0 Å². The fraction of sp³-hybridized carbons (Fsp3) is 0.143. The minimum Gasteiger partial charge on any atom is -0.506 e. The second kappa shape index (κ2) is 4.82. The number of aliphatic carboxylic acids is 1. The minimum atomic E-state index is -2.48. The van der Waals surface area contributed by atoms with Gasteiger partial charge in [0.15, 0.2) is 17.1 Å². The Morgan fingerprint density at radius 3 is 2.25 bits per heavy atom. The molecule has 0 bridgehead atoms. The molecule has 0 aromatic heterocycles. The summed E-state index contributed by atoms with van der Waals surface area (Å²) in [4.78, 5) is 23.2. The monoisotopic (exact) mass is 276 g/mol. The normalized spacial score (nSPS) is 22.4. The van der Waals surface area contributed by atoms with Crippen molar-refractivity contribution in [3.8, 4) is 0 Å². The molecule has 1 atom stereocenters. The number of hydrogen-bond acceptors (Lipinski definition) is 5. The van der Waals surface area contributed by atoms with Crippen molar-refractivity contribution in [2.75, 3.05) is 0 Å². The van der Waals surface area contributed by atoms with E-state index in [-0.39, 0.29) is 11.1 Å². The summed E-state index contributed by atoms with van der Waals surface area (Å²) < 4.78 is 0. The van der Waals surface area contributed by atoms with Crippen LogP contribution in [0.3, 0.4) is 0 Å². The van der Waals surface area contributed by atoms with E-state index in [4.69, 9.17) is 5.11 Å². The molecular weight excluding hydrogens is 264 g/mol. The van der Waals surface area contributed by atoms with Gasteiger partial charge in [-0.15, -0.1) is 0 Å². The second-order valence-corrected chi connectivity index (χ2v) is 4.44. The maximum Gasteiger partial charge on any atom is 0.331 e. The molecule has 1 aliphatic carbocycles. The summed E-state index contributed by atoms with van der Waals surface area (Å²) in [6.07, 6.45) is 0.191. The number of aliphatic hydroxyl groups excluding tert-OH is 2. The van der Waals surface area contributed by atoms with Crippen LogP contribution in [0.25, 0.3) is 0 Å². The number of benzene rings is 1. The molecule has 0 saturated heterocycles. The zero-order valence-electron chi connectivity index (χ0n) is 10.3. The standard InChI is InChI=1S/C14H12O6/c15-10-6-9(13(18)19)7-14(20,12(10)17)11(16)8-4-2-1-3-5-8/h1-6,15,17,20H,7H2,(H,18,19). The Morgan fingerprint density at radius 1 is 1.10 bits per heavy atom.